The van der Waals surface area contributed by atoms with E-state index in [0.29, 0.717) is 17.3 Å². The second-order valence-electron chi connectivity index (χ2n) is 5.07. The number of nitrogens with zero attached hydrogens (tertiary/aromatic N) is 2. The lowest BCUT2D eigenvalue weighted by atomic mass is 10.1. The zero-order chi connectivity index (χ0) is 17.0. The number of amides is 1. The van der Waals surface area contributed by atoms with E-state index >= 15 is 0 Å². The molecule has 2 rings (SSSR count). The number of nitrogens with one attached hydrogen (secondary N) is 1. The minimum absolute atomic E-state index is 0.00689. The summed E-state index contributed by atoms with van der Waals surface area (Å²) in [6.07, 6.45) is 0.634. The van der Waals surface area contributed by atoms with Crippen LogP contribution in [0.3, 0.4) is 0 Å². The van der Waals surface area contributed by atoms with Crippen molar-refractivity contribution in [2.45, 2.75) is 6.10 Å². The van der Waals surface area contributed by atoms with Gasteiger partial charge in [-0.1, -0.05) is 6.07 Å². The molecular formula is C15H19N3O5. The third-order valence-corrected chi connectivity index (χ3v) is 3.25. The SMILES string of the molecule is COc1cc(/C=C2\N=C(N(C)CC(O)CO)NC2=O)ccc1O. The first-order chi connectivity index (χ1) is 10.9. The maximum atomic E-state index is 12.0. The Morgan fingerprint density at radius 2 is 2.22 bits per heavy atom. The third-order valence-electron chi connectivity index (χ3n) is 3.25. The van der Waals surface area contributed by atoms with Crippen LogP contribution in [0.1, 0.15) is 5.56 Å². The summed E-state index contributed by atoms with van der Waals surface area (Å²) < 4.78 is 5.02. The van der Waals surface area contributed by atoms with Gasteiger partial charge in [-0.05, 0) is 23.8 Å². The highest BCUT2D eigenvalue weighted by Crippen LogP contribution is 2.27. The van der Waals surface area contributed by atoms with E-state index < -0.39 is 6.10 Å². The molecule has 1 aromatic rings. The molecule has 1 aliphatic heterocycles. The monoisotopic (exact) mass is 321 g/mol. The summed E-state index contributed by atoms with van der Waals surface area (Å²) in [5.74, 6) is 0.217. The molecule has 0 aromatic heterocycles. The number of methoxy groups -OCH3 is 1. The van der Waals surface area contributed by atoms with E-state index in [4.69, 9.17) is 9.84 Å². The fourth-order valence-corrected chi connectivity index (χ4v) is 2.04. The Bertz CT molecular complexity index is 657. The third kappa shape index (κ3) is 3.99. The Balaban J connectivity index is 2.20. The van der Waals surface area contributed by atoms with E-state index in [1.54, 1.807) is 25.3 Å². The molecule has 0 aliphatic carbocycles. The van der Waals surface area contributed by atoms with E-state index in [1.165, 1.54) is 18.1 Å². The lowest BCUT2D eigenvalue weighted by Gasteiger charge is -2.20. The van der Waals surface area contributed by atoms with Crippen LogP contribution in [0.2, 0.25) is 0 Å². The van der Waals surface area contributed by atoms with Gasteiger partial charge in [0, 0.05) is 13.6 Å². The summed E-state index contributed by atoms with van der Waals surface area (Å²) >= 11 is 0. The first-order valence-electron chi connectivity index (χ1n) is 6.93. The highest BCUT2D eigenvalue weighted by Gasteiger charge is 2.23. The molecule has 1 amide bonds. The highest BCUT2D eigenvalue weighted by molar-refractivity contribution is 6.13. The summed E-state index contributed by atoms with van der Waals surface area (Å²) in [5.41, 5.74) is 0.839. The molecule has 0 saturated carbocycles. The van der Waals surface area contributed by atoms with Crippen molar-refractivity contribution < 1.29 is 24.9 Å². The number of carbonyl (C=O) groups is 1. The van der Waals surface area contributed by atoms with Crippen molar-refractivity contribution in [2.24, 2.45) is 4.99 Å². The van der Waals surface area contributed by atoms with Crippen LogP contribution in [-0.2, 0) is 4.79 Å². The number of likely N-dealkylation sites (N-methyl/N-ethyl adjacent to an activating group) is 1. The lowest BCUT2D eigenvalue weighted by Crippen LogP contribution is -2.42. The average molecular weight is 321 g/mol. The quantitative estimate of drug-likeness (QED) is 0.544. The predicted octanol–water partition coefficient (Wildman–Crippen LogP) is -0.487. The molecule has 0 bridgehead atoms. The Labute approximate surface area is 133 Å². The maximum Gasteiger partial charge on any atom is 0.276 e. The minimum atomic E-state index is -0.922. The molecule has 1 aromatic carbocycles. The summed E-state index contributed by atoms with van der Waals surface area (Å²) in [4.78, 5) is 17.7. The second kappa shape index (κ2) is 7.12. The van der Waals surface area contributed by atoms with E-state index in [0.717, 1.165) is 0 Å². The van der Waals surface area contributed by atoms with Crippen LogP contribution in [0.15, 0.2) is 28.9 Å². The zero-order valence-electron chi connectivity index (χ0n) is 12.9. The zero-order valence-corrected chi connectivity index (χ0v) is 12.9. The smallest absolute Gasteiger partial charge is 0.276 e. The Morgan fingerprint density at radius 3 is 2.87 bits per heavy atom. The Kier molecular flexibility index (Phi) is 5.20. The van der Waals surface area contributed by atoms with Crippen molar-refractivity contribution in [3.63, 3.8) is 0 Å². The van der Waals surface area contributed by atoms with Gasteiger partial charge in [0.15, 0.2) is 11.5 Å². The first kappa shape index (κ1) is 16.8. The molecule has 124 valence electrons. The molecule has 1 heterocycles. The highest BCUT2D eigenvalue weighted by atomic mass is 16.5. The van der Waals surface area contributed by atoms with Crippen LogP contribution < -0.4 is 10.1 Å². The van der Waals surface area contributed by atoms with Crippen LogP contribution in [0.25, 0.3) is 6.08 Å². The fraction of sp³-hybridized carbons (Fsp3) is 0.333. The summed E-state index contributed by atoms with van der Waals surface area (Å²) in [5, 5.41) is 30.4. The van der Waals surface area contributed by atoms with Gasteiger partial charge < -0.3 is 25.0 Å². The van der Waals surface area contributed by atoms with Gasteiger partial charge in [-0.15, -0.1) is 0 Å². The predicted molar refractivity (Wildman–Crippen MR) is 83.9 cm³/mol. The van der Waals surface area contributed by atoms with Gasteiger partial charge in [-0.2, -0.15) is 0 Å². The number of aromatic hydroxyl groups is 1. The normalized spacial score (nSPS) is 17.0. The van der Waals surface area contributed by atoms with Crippen LogP contribution in [0, 0.1) is 0 Å². The Hall–Kier alpha value is -2.58. The van der Waals surface area contributed by atoms with E-state index in [-0.39, 0.29) is 30.5 Å². The van der Waals surface area contributed by atoms with Gasteiger partial charge in [0.25, 0.3) is 5.91 Å². The Morgan fingerprint density at radius 1 is 1.48 bits per heavy atom. The van der Waals surface area contributed by atoms with Gasteiger partial charge in [0.05, 0.1) is 19.8 Å². The van der Waals surface area contributed by atoms with E-state index in [2.05, 4.69) is 10.3 Å². The summed E-state index contributed by atoms with van der Waals surface area (Å²) in [7, 11) is 3.08. The van der Waals surface area contributed by atoms with Crippen molar-refractivity contribution in [1.29, 1.82) is 0 Å². The number of hydrogen-bond acceptors (Lipinski definition) is 7. The average Bonchev–Trinajstić information content (AvgIpc) is 2.90. The minimum Gasteiger partial charge on any atom is -0.504 e. The number of aliphatic hydroxyl groups is 2. The molecule has 1 atom stereocenters. The molecular weight excluding hydrogens is 302 g/mol. The van der Waals surface area contributed by atoms with Crippen molar-refractivity contribution in [2.75, 3.05) is 27.3 Å². The van der Waals surface area contributed by atoms with Crippen molar-refractivity contribution in [1.82, 2.24) is 10.2 Å². The van der Waals surface area contributed by atoms with E-state index in [1.807, 2.05) is 0 Å². The van der Waals surface area contributed by atoms with Crippen LogP contribution in [0.4, 0.5) is 0 Å². The molecule has 0 radical (unpaired) electrons. The summed E-state index contributed by atoms with van der Waals surface area (Å²) in [6.45, 7) is -0.239. The topological polar surface area (TPSA) is 115 Å². The lowest BCUT2D eigenvalue weighted by molar-refractivity contribution is -0.115. The molecule has 0 spiro atoms. The molecule has 1 unspecified atom stereocenters. The maximum absolute atomic E-state index is 12.0. The van der Waals surface area contributed by atoms with Gasteiger partial charge in [-0.3, -0.25) is 10.1 Å². The number of benzene rings is 1. The molecule has 23 heavy (non-hydrogen) atoms. The molecule has 8 nitrogen and oxygen atoms in total. The number of carbonyl (C=O) groups excluding carboxylic acids is 1. The van der Waals surface area contributed by atoms with Crippen LogP contribution >= 0.6 is 0 Å². The summed E-state index contributed by atoms with van der Waals surface area (Å²) in [6, 6.07) is 4.68. The van der Waals surface area contributed by atoms with E-state index in [9.17, 15) is 15.0 Å². The molecule has 0 saturated heterocycles. The van der Waals surface area contributed by atoms with Crippen molar-refractivity contribution in [3.8, 4) is 11.5 Å². The number of phenolic OH excluding ortho intramolecular Hbond substituents is 1. The molecule has 4 N–H and O–H groups in total. The van der Waals surface area contributed by atoms with Crippen molar-refractivity contribution in [3.05, 3.63) is 29.5 Å². The first-order valence-corrected chi connectivity index (χ1v) is 6.93. The van der Waals surface area contributed by atoms with Gasteiger partial charge in [0.1, 0.15) is 5.70 Å². The van der Waals surface area contributed by atoms with Gasteiger partial charge in [0.2, 0.25) is 5.96 Å². The largest absolute Gasteiger partial charge is 0.504 e. The van der Waals surface area contributed by atoms with Crippen LogP contribution in [-0.4, -0.2) is 65.5 Å². The number of ether oxygens (including phenoxy) is 1. The van der Waals surface area contributed by atoms with Crippen molar-refractivity contribution >= 4 is 17.9 Å². The van der Waals surface area contributed by atoms with Crippen LogP contribution in [0.5, 0.6) is 11.5 Å². The standard InChI is InChI=1S/C15H19N3O5/c1-18(7-10(20)8-19)15-16-11(14(22)17-15)5-9-3-4-12(21)13(6-9)23-2/h3-6,10,19-21H,7-8H2,1-2H3,(H,16,17,22)/b11-5-. The molecule has 8 heteroatoms. The number of aliphatic imine (C=N–C) groups is 1. The fourth-order valence-electron chi connectivity index (χ4n) is 2.04. The second-order valence-corrected chi connectivity index (χ2v) is 5.07. The van der Waals surface area contributed by atoms with Gasteiger partial charge in [-0.25, -0.2) is 4.99 Å². The number of guanidine groups is 1. The number of hydrogen-bond donors (Lipinski definition) is 4. The molecule has 0 fully saturated rings. The number of rotatable bonds is 5. The van der Waals surface area contributed by atoms with Gasteiger partial charge >= 0.3 is 0 Å². The number of phenols is 1. The number of aliphatic hydroxyl groups excluding tert-OH is 2. The molecule has 1 aliphatic rings.